The first-order valence-electron chi connectivity index (χ1n) is 7.71. The minimum atomic E-state index is -0.894. The smallest absolute Gasteiger partial charge is 0.405 e. The second-order valence-electron chi connectivity index (χ2n) is 6.07. The lowest BCUT2D eigenvalue weighted by atomic mass is 9.95. The number of hydrogen-bond acceptors (Lipinski definition) is 3. The molecule has 0 aliphatic carbocycles. The number of hydrogen-bond donors (Lipinski definition) is 1. The van der Waals surface area contributed by atoms with Crippen molar-refractivity contribution in [3.63, 3.8) is 0 Å². The van der Waals surface area contributed by atoms with Gasteiger partial charge in [-0.1, -0.05) is 32.0 Å². The number of benzene rings is 2. The second-order valence-corrected chi connectivity index (χ2v) is 6.07. The number of carbonyl (C=O) groups is 2. The third-order valence-electron chi connectivity index (χ3n) is 3.59. The van der Waals surface area contributed by atoms with Crippen LogP contribution in [0.15, 0.2) is 42.5 Å². The summed E-state index contributed by atoms with van der Waals surface area (Å²) in [6.45, 7) is 3.95. The van der Waals surface area contributed by atoms with E-state index in [4.69, 9.17) is 10.5 Å². The van der Waals surface area contributed by atoms with Crippen molar-refractivity contribution in [2.24, 2.45) is 11.7 Å². The maximum atomic E-state index is 14.1. The van der Waals surface area contributed by atoms with Gasteiger partial charge >= 0.3 is 6.09 Å². The predicted octanol–water partition coefficient (Wildman–Crippen LogP) is 4.49. The lowest BCUT2D eigenvalue weighted by Gasteiger charge is -2.20. The lowest BCUT2D eigenvalue weighted by Crippen LogP contribution is -2.18. The molecule has 0 bridgehead atoms. The molecule has 0 aliphatic heterocycles. The SMILES string of the molecule is CC(C)CC(OC(N)=O)c1cc(F)cc(-c2cccc(C=O)c2)c1. The van der Waals surface area contributed by atoms with Crippen LogP contribution in [-0.4, -0.2) is 12.4 Å². The third-order valence-corrected chi connectivity index (χ3v) is 3.59. The van der Waals surface area contributed by atoms with Crippen LogP contribution in [-0.2, 0) is 4.74 Å². The van der Waals surface area contributed by atoms with Crippen molar-refractivity contribution in [1.29, 1.82) is 0 Å². The van der Waals surface area contributed by atoms with E-state index in [0.717, 1.165) is 6.29 Å². The van der Waals surface area contributed by atoms with Crippen LogP contribution in [0.2, 0.25) is 0 Å². The molecular weight excluding hydrogens is 309 g/mol. The molecule has 0 radical (unpaired) electrons. The number of ether oxygens (including phenoxy) is 1. The minimum absolute atomic E-state index is 0.236. The summed E-state index contributed by atoms with van der Waals surface area (Å²) in [4.78, 5) is 22.1. The van der Waals surface area contributed by atoms with Crippen molar-refractivity contribution in [2.75, 3.05) is 0 Å². The first-order chi connectivity index (χ1) is 11.4. The van der Waals surface area contributed by atoms with Crippen LogP contribution < -0.4 is 5.73 Å². The van der Waals surface area contributed by atoms with E-state index in [-0.39, 0.29) is 5.92 Å². The van der Waals surface area contributed by atoms with E-state index in [1.54, 1.807) is 30.3 Å². The highest BCUT2D eigenvalue weighted by molar-refractivity contribution is 5.79. The molecule has 0 saturated heterocycles. The van der Waals surface area contributed by atoms with Crippen LogP contribution in [0.5, 0.6) is 0 Å². The van der Waals surface area contributed by atoms with Gasteiger partial charge in [0.15, 0.2) is 0 Å². The number of amides is 1. The summed E-state index contributed by atoms with van der Waals surface area (Å²) in [7, 11) is 0. The molecule has 0 aromatic heterocycles. The summed E-state index contributed by atoms with van der Waals surface area (Å²) < 4.78 is 19.2. The Bertz CT molecular complexity index is 743. The van der Waals surface area contributed by atoms with Crippen molar-refractivity contribution in [3.05, 3.63) is 59.4 Å². The molecule has 0 aliphatic rings. The van der Waals surface area contributed by atoms with Gasteiger partial charge < -0.3 is 10.5 Å². The normalized spacial score (nSPS) is 12.0. The second kappa shape index (κ2) is 7.73. The first kappa shape index (κ1) is 17.7. The Kier molecular flexibility index (Phi) is 5.68. The fourth-order valence-corrected chi connectivity index (χ4v) is 2.58. The van der Waals surface area contributed by atoms with Crippen molar-refractivity contribution in [3.8, 4) is 11.1 Å². The molecule has 1 atom stereocenters. The van der Waals surface area contributed by atoms with E-state index in [0.29, 0.717) is 28.7 Å². The molecule has 2 N–H and O–H groups in total. The zero-order chi connectivity index (χ0) is 17.7. The van der Waals surface area contributed by atoms with Crippen molar-refractivity contribution in [1.82, 2.24) is 0 Å². The minimum Gasteiger partial charge on any atom is -0.442 e. The third kappa shape index (κ3) is 4.65. The van der Waals surface area contributed by atoms with E-state index in [1.165, 1.54) is 12.1 Å². The zero-order valence-corrected chi connectivity index (χ0v) is 13.7. The monoisotopic (exact) mass is 329 g/mol. The quantitative estimate of drug-likeness (QED) is 0.794. The van der Waals surface area contributed by atoms with E-state index in [9.17, 15) is 14.0 Å². The summed E-state index contributed by atoms with van der Waals surface area (Å²) in [5.74, 6) is -0.208. The maximum absolute atomic E-state index is 14.1. The van der Waals surface area contributed by atoms with E-state index < -0.39 is 18.0 Å². The highest BCUT2D eigenvalue weighted by Crippen LogP contribution is 2.30. The fourth-order valence-electron chi connectivity index (χ4n) is 2.58. The Morgan fingerprint density at radius 2 is 1.96 bits per heavy atom. The number of primary amides is 1. The van der Waals surface area contributed by atoms with E-state index in [2.05, 4.69) is 0 Å². The Morgan fingerprint density at radius 1 is 1.21 bits per heavy atom. The van der Waals surface area contributed by atoms with Gasteiger partial charge in [0.25, 0.3) is 0 Å². The Balaban J connectivity index is 2.45. The van der Waals surface area contributed by atoms with E-state index >= 15 is 0 Å². The summed E-state index contributed by atoms with van der Waals surface area (Å²) in [6, 6.07) is 11.3. The Labute approximate surface area is 140 Å². The Hall–Kier alpha value is -2.69. The van der Waals surface area contributed by atoms with Gasteiger partial charge in [0.05, 0.1) is 0 Å². The topological polar surface area (TPSA) is 69.4 Å². The van der Waals surface area contributed by atoms with Crippen LogP contribution in [0.3, 0.4) is 0 Å². The van der Waals surface area contributed by atoms with Crippen molar-refractivity contribution in [2.45, 2.75) is 26.4 Å². The molecule has 0 saturated carbocycles. The van der Waals surface area contributed by atoms with Crippen LogP contribution in [0.4, 0.5) is 9.18 Å². The molecule has 2 rings (SSSR count). The van der Waals surface area contributed by atoms with Crippen LogP contribution in [0, 0.1) is 11.7 Å². The molecule has 0 spiro atoms. The van der Waals surface area contributed by atoms with Crippen molar-refractivity contribution >= 4 is 12.4 Å². The van der Waals surface area contributed by atoms with Gasteiger partial charge in [-0.2, -0.15) is 0 Å². The van der Waals surface area contributed by atoms with Crippen LogP contribution in [0.1, 0.15) is 42.3 Å². The summed E-state index contributed by atoms with van der Waals surface area (Å²) >= 11 is 0. The lowest BCUT2D eigenvalue weighted by molar-refractivity contribution is 0.0931. The molecule has 1 amide bonds. The van der Waals surface area contributed by atoms with E-state index in [1.807, 2.05) is 13.8 Å². The fraction of sp³-hybridized carbons (Fsp3) is 0.263. The molecule has 24 heavy (non-hydrogen) atoms. The van der Waals surface area contributed by atoms with Gasteiger partial charge in [-0.15, -0.1) is 0 Å². The molecular formula is C19H20FNO3. The zero-order valence-electron chi connectivity index (χ0n) is 13.7. The first-order valence-corrected chi connectivity index (χ1v) is 7.71. The number of carbonyl (C=O) groups excluding carboxylic acids is 2. The molecule has 0 fully saturated rings. The van der Waals surface area contributed by atoms with Crippen LogP contribution in [0.25, 0.3) is 11.1 Å². The average molecular weight is 329 g/mol. The van der Waals surface area contributed by atoms with Gasteiger partial charge in [0.1, 0.15) is 18.2 Å². The Morgan fingerprint density at radius 3 is 2.58 bits per heavy atom. The number of halogens is 1. The number of nitrogens with two attached hydrogens (primary N) is 1. The van der Waals surface area contributed by atoms with Gasteiger partial charge in [-0.3, -0.25) is 4.79 Å². The van der Waals surface area contributed by atoms with Crippen LogP contribution >= 0.6 is 0 Å². The summed E-state index contributed by atoms with van der Waals surface area (Å²) in [5.41, 5.74) is 7.50. The van der Waals surface area contributed by atoms with Gasteiger partial charge in [-0.05, 0) is 53.3 Å². The summed E-state index contributed by atoms with van der Waals surface area (Å²) in [5, 5.41) is 0. The number of rotatable bonds is 6. The maximum Gasteiger partial charge on any atom is 0.405 e. The molecule has 4 nitrogen and oxygen atoms in total. The van der Waals surface area contributed by atoms with Crippen molar-refractivity contribution < 1.29 is 18.7 Å². The number of aldehydes is 1. The molecule has 1 unspecified atom stereocenters. The largest absolute Gasteiger partial charge is 0.442 e. The van der Waals surface area contributed by atoms with Gasteiger partial charge in [0, 0.05) is 5.56 Å². The summed E-state index contributed by atoms with van der Waals surface area (Å²) in [6.07, 6.45) is -0.248. The highest BCUT2D eigenvalue weighted by atomic mass is 19.1. The molecule has 126 valence electrons. The van der Waals surface area contributed by atoms with Gasteiger partial charge in [-0.25, -0.2) is 9.18 Å². The molecule has 2 aromatic carbocycles. The average Bonchev–Trinajstić information content (AvgIpc) is 2.53. The van der Waals surface area contributed by atoms with Gasteiger partial charge in [0.2, 0.25) is 0 Å². The molecule has 2 aromatic rings. The predicted molar refractivity (Wildman–Crippen MR) is 90.1 cm³/mol. The molecule has 5 heteroatoms. The standard InChI is InChI=1S/C19H20FNO3/c1-12(2)6-18(24-19(21)23)16-8-15(9-17(20)10-16)14-5-3-4-13(7-14)11-22/h3-5,7-12,18H,6H2,1-2H3,(H2,21,23). The highest BCUT2D eigenvalue weighted by Gasteiger charge is 2.19. The molecule has 0 heterocycles.